The quantitative estimate of drug-likeness (QED) is 0.360. The lowest BCUT2D eigenvalue weighted by Gasteiger charge is -2.15. The van der Waals surface area contributed by atoms with Crippen LogP contribution in [0.3, 0.4) is 0 Å². The first-order chi connectivity index (χ1) is 12.7. The Morgan fingerprint density at radius 1 is 1.23 bits per heavy atom. The highest BCUT2D eigenvalue weighted by atomic mass is 16.6. The predicted molar refractivity (Wildman–Crippen MR) is 100 cm³/mol. The Balaban J connectivity index is 1.55. The number of hydrogen-bond donors (Lipinski definition) is 2. The lowest BCUT2D eigenvalue weighted by Crippen LogP contribution is -2.42. The van der Waals surface area contributed by atoms with E-state index in [-0.39, 0.29) is 11.8 Å². The van der Waals surface area contributed by atoms with Crippen molar-refractivity contribution in [3.63, 3.8) is 0 Å². The zero-order chi connectivity index (χ0) is 18.4. The van der Waals surface area contributed by atoms with Crippen LogP contribution in [-0.2, 0) is 13.0 Å². The third-order valence-electron chi connectivity index (χ3n) is 4.12. The molecule has 0 aliphatic carbocycles. The average molecular weight is 354 g/mol. The molecule has 0 amide bonds. The van der Waals surface area contributed by atoms with Gasteiger partial charge in [0, 0.05) is 25.1 Å². The predicted octanol–water partition coefficient (Wildman–Crippen LogP) is 2.65. The van der Waals surface area contributed by atoms with Gasteiger partial charge in [0.15, 0.2) is 5.96 Å². The number of benzene rings is 2. The highest BCUT2D eigenvalue weighted by Gasteiger charge is 2.22. The highest BCUT2D eigenvalue weighted by Crippen LogP contribution is 2.27. The van der Waals surface area contributed by atoms with Gasteiger partial charge in [0.2, 0.25) is 0 Å². The molecule has 0 saturated heterocycles. The lowest BCUT2D eigenvalue weighted by molar-refractivity contribution is -0.384. The summed E-state index contributed by atoms with van der Waals surface area (Å²) < 4.78 is 5.92. The fourth-order valence-corrected chi connectivity index (χ4v) is 2.81. The number of non-ortho nitro benzene ring substituents is 1. The van der Waals surface area contributed by atoms with Gasteiger partial charge in [0.1, 0.15) is 11.9 Å². The number of rotatable bonds is 6. The van der Waals surface area contributed by atoms with Crippen LogP contribution in [0.2, 0.25) is 0 Å². The minimum absolute atomic E-state index is 0.0793. The lowest BCUT2D eigenvalue weighted by atomic mass is 10.1. The summed E-state index contributed by atoms with van der Waals surface area (Å²) in [6, 6.07) is 14.5. The zero-order valence-corrected chi connectivity index (χ0v) is 14.6. The van der Waals surface area contributed by atoms with E-state index in [9.17, 15) is 10.1 Å². The van der Waals surface area contributed by atoms with Gasteiger partial charge in [-0.15, -0.1) is 0 Å². The van der Waals surface area contributed by atoms with Gasteiger partial charge in [0.05, 0.1) is 18.0 Å². The molecular formula is C19H22N4O3. The Labute approximate surface area is 152 Å². The summed E-state index contributed by atoms with van der Waals surface area (Å²) in [5.74, 6) is 1.65. The summed E-state index contributed by atoms with van der Waals surface area (Å²) >= 11 is 0. The number of nitro benzene ring substituents is 1. The molecular weight excluding hydrogens is 332 g/mol. The van der Waals surface area contributed by atoms with Crippen molar-refractivity contribution >= 4 is 11.6 Å². The zero-order valence-electron chi connectivity index (χ0n) is 14.6. The van der Waals surface area contributed by atoms with Crippen LogP contribution in [0.1, 0.15) is 18.1 Å². The molecule has 1 unspecified atom stereocenters. The van der Waals surface area contributed by atoms with E-state index >= 15 is 0 Å². The molecule has 0 radical (unpaired) electrons. The van der Waals surface area contributed by atoms with Crippen molar-refractivity contribution in [3.05, 3.63) is 69.8 Å². The Kier molecular flexibility index (Phi) is 5.68. The van der Waals surface area contributed by atoms with Crippen molar-refractivity contribution in [1.82, 2.24) is 10.6 Å². The maximum Gasteiger partial charge on any atom is 0.269 e. The fourth-order valence-electron chi connectivity index (χ4n) is 2.81. The Morgan fingerprint density at radius 3 is 2.69 bits per heavy atom. The normalized spacial score (nSPS) is 15.9. The SMILES string of the molecule is CCNC(=NCc1ccc([N+](=O)[O-])cc1)NCC1Cc2ccccc2O1. The van der Waals surface area contributed by atoms with Crippen molar-refractivity contribution in [2.75, 3.05) is 13.1 Å². The fraction of sp³-hybridized carbons (Fsp3) is 0.316. The molecule has 0 bridgehead atoms. The van der Waals surface area contributed by atoms with Crippen LogP contribution in [0, 0.1) is 10.1 Å². The van der Waals surface area contributed by atoms with Crippen LogP contribution >= 0.6 is 0 Å². The molecule has 26 heavy (non-hydrogen) atoms. The largest absolute Gasteiger partial charge is 0.488 e. The summed E-state index contributed by atoms with van der Waals surface area (Å²) in [6.07, 6.45) is 0.959. The number of hydrogen-bond acceptors (Lipinski definition) is 4. The van der Waals surface area contributed by atoms with Gasteiger partial charge in [-0.25, -0.2) is 4.99 Å². The number of nitro groups is 1. The third kappa shape index (κ3) is 4.50. The molecule has 0 saturated carbocycles. The topological polar surface area (TPSA) is 88.8 Å². The second-order valence-corrected chi connectivity index (χ2v) is 6.05. The van der Waals surface area contributed by atoms with Crippen molar-refractivity contribution in [2.24, 2.45) is 4.99 Å². The molecule has 7 nitrogen and oxygen atoms in total. The van der Waals surface area contributed by atoms with Crippen LogP contribution < -0.4 is 15.4 Å². The van der Waals surface area contributed by atoms with Crippen LogP contribution in [0.15, 0.2) is 53.5 Å². The number of ether oxygens (including phenoxy) is 1. The van der Waals surface area contributed by atoms with Gasteiger partial charge in [0.25, 0.3) is 5.69 Å². The van der Waals surface area contributed by atoms with Crippen molar-refractivity contribution < 1.29 is 9.66 Å². The van der Waals surface area contributed by atoms with E-state index in [1.165, 1.54) is 17.7 Å². The van der Waals surface area contributed by atoms with Crippen LogP contribution in [0.25, 0.3) is 0 Å². The number of aliphatic imine (C=N–C) groups is 1. The molecule has 7 heteroatoms. The average Bonchev–Trinajstić information content (AvgIpc) is 3.07. The summed E-state index contributed by atoms with van der Waals surface area (Å²) in [4.78, 5) is 14.8. The first-order valence-electron chi connectivity index (χ1n) is 8.65. The summed E-state index contributed by atoms with van der Waals surface area (Å²) in [6.45, 7) is 3.85. The Morgan fingerprint density at radius 2 is 2.00 bits per heavy atom. The van der Waals surface area contributed by atoms with Crippen LogP contribution in [0.5, 0.6) is 5.75 Å². The van der Waals surface area contributed by atoms with Crippen molar-refractivity contribution in [3.8, 4) is 5.75 Å². The number of para-hydroxylation sites is 1. The van der Waals surface area contributed by atoms with E-state index < -0.39 is 4.92 Å². The molecule has 1 heterocycles. The summed E-state index contributed by atoms with van der Waals surface area (Å²) in [7, 11) is 0. The molecule has 0 spiro atoms. The third-order valence-corrected chi connectivity index (χ3v) is 4.12. The van der Waals surface area contributed by atoms with E-state index in [0.717, 1.165) is 24.3 Å². The van der Waals surface area contributed by atoms with Crippen LogP contribution in [-0.4, -0.2) is 30.1 Å². The molecule has 3 rings (SSSR count). The van der Waals surface area contributed by atoms with Gasteiger partial charge in [-0.2, -0.15) is 0 Å². The Hall–Kier alpha value is -3.09. The molecule has 0 fully saturated rings. The molecule has 1 aliphatic rings. The standard InChI is InChI=1S/C19H22N4O3/c1-2-20-19(21-12-14-7-9-16(10-8-14)23(24)25)22-13-17-11-15-5-3-4-6-18(15)26-17/h3-10,17H,2,11-13H2,1H3,(H2,20,21,22). The van der Waals surface area contributed by atoms with E-state index in [2.05, 4.69) is 21.7 Å². The summed E-state index contributed by atoms with van der Waals surface area (Å²) in [5.41, 5.74) is 2.23. The molecule has 1 aliphatic heterocycles. The van der Waals surface area contributed by atoms with Crippen LogP contribution in [0.4, 0.5) is 5.69 Å². The summed E-state index contributed by atoms with van der Waals surface area (Å²) in [5, 5.41) is 17.2. The maximum atomic E-state index is 10.7. The van der Waals surface area contributed by atoms with Crippen molar-refractivity contribution in [2.45, 2.75) is 26.0 Å². The molecule has 0 aromatic heterocycles. The molecule has 2 aromatic carbocycles. The molecule has 136 valence electrons. The minimum Gasteiger partial charge on any atom is -0.488 e. The minimum atomic E-state index is -0.404. The number of nitrogens with one attached hydrogen (secondary N) is 2. The van der Waals surface area contributed by atoms with E-state index in [1.54, 1.807) is 12.1 Å². The second kappa shape index (κ2) is 8.33. The molecule has 2 N–H and O–H groups in total. The maximum absolute atomic E-state index is 10.7. The Bertz CT molecular complexity index is 765. The highest BCUT2D eigenvalue weighted by molar-refractivity contribution is 5.79. The van der Waals surface area contributed by atoms with E-state index in [0.29, 0.717) is 19.0 Å². The van der Waals surface area contributed by atoms with E-state index in [1.807, 2.05) is 25.1 Å². The van der Waals surface area contributed by atoms with Crippen molar-refractivity contribution in [1.29, 1.82) is 0 Å². The number of guanidine groups is 1. The van der Waals surface area contributed by atoms with Gasteiger partial charge in [-0.05, 0) is 24.1 Å². The van der Waals surface area contributed by atoms with Gasteiger partial charge in [-0.1, -0.05) is 30.3 Å². The van der Waals surface area contributed by atoms with Gasteiger partial charge in [-0.3, -0.25) is 10.1 Å². The molecule has 2 aromatic rings. The second-order valence-electron chi connectivity index (χ2n) is 6.05. The number of fused-ring (bicyclic) bond motifs is 1. The molecule has 1 atom stereocenters. The monoisotopic (exact) mass is 354 g/mol. The number of nitrogens with zero attached hydrogens (tertiary/aromatic N) is 2. The van der Waals surface area contributed by atoms with E-state index in [4.69, 9.17) is 4.74 Å². The first kappa shape index (κ1) is 17.7. The first-order valence-corrected chi connectivity index (χ1v) is 8.65. The smallest absolute Gasteiger partial charge is 0.269 e. The van der Waals surface area contributed by atoms with Gasteiger partial charge >= 0.3 is 0 Å². The van der Waals surface area contributed by atoms with Gasteiger partial charge < -0.3 is 15.4 Å².